The van der Waals surface area contributed by atoms with Crippen LogP contribution in [0.2, 0.25) is 0 Å². The Balaban J connectivity index is 1.59. The van der Waals surface area contributed by atoms with Gasteiger partial charge in [0.15, 0.2) is 5.79 Å². The van der Waals surface area contributed by atoms with Crippen LogP contribution in [0.4, 0.5) is 0 Å². The molecule has 3 rings (SSSR count). The zero-order valence-electron chi connectivity index (χ0n) is 14.2. The molecule has 0 radical (unpaired) electrons. The van der Waals surface area contributed by atoms with E-state index >= 15 is 0 Å². The molecule has 3 aliphatic rings. The van der Waals surface area contributed by atoms with Gasteiger partial charge in [-0.05, 0) is 40.0 Å². The van der Waals surface area contributed by atoms with Crippen LogP contribution in [-0.4, -0.2) is 65.9 Å². The van der Waals surface area contributed by atoms with Crippen molar-refractivity contribution in [3.63, 3.8) is 0 Å². The van der Waals surface area contributed by atoms with Gasteiger partial charge < -0.3 is 14.4 Å². The van der Waals surface area contributed by atoms with Gasteiger partial charge in [-0.1, -0.05) is 0 Å². The highest BCUT2D eigenvalue weighted by atomic mass is 16.7. The average Bonchev–Trinajstić information content (AvgIpc) is 2.95. The highest BCUT2D eigenvalue weighted by Gasteiger charge is 2.42. The van der Waals surface area contributed by atoms with E-state index in [1.165, 1.54) is 6.42 Å². The molecule has 5 heteroatoms. The number of rotatable bonds is 2. The minimum Gasteiger partial charge on any atom is -0.347 e. The lowest BCUT2D eigenvalue weighted by Crippen LogP contribution is -2.57. The Bertz CT molecular complexity index is 389. The van der Waals surface area contributed by atoms with Gasteiger partial charge in [0.25, 0.3) is 0 Å². The molecule has 22 heavy (non-hydrogen) atoms. The molecule has 0 aliphatic carbocycles. The average molecular weight is 310 g/mol. The normalized spacial score (nSPS) is 34.0. The third kappa shape index (κ3) is 3.03. The number of piperidine rings is 2. The molecule has 0 aromatic heterocycles. The Morgan fingerprint density at radius 3 is 2.18 bits per heavy atom. The zero-order valence-corrected chi connectivity index (χ0v) is 14.2. The Labute approximate surface area is 133 Å². The summed E-state index contributed by atoms with van der Waals surface area (Å²) in [5, 5.41) is 0. The Kier molecular flexibility index (Phi) is 4.76. The summed E-state index contributed by atoms with van der Waals surface area (Å²) in [4.78, 5) is 17.4. The molecule has 0 aromatic rings. The van der Waals surface area contributed by atoms with Crippen LogP contribution in [-0.2, 0) is 14.3 Å². The van der Waals surface area contributed by atoms with Crippen LogP contribution < -0.4 is 0 Å². The number of carbonyl (C=O) groups excluding carboxylic acids is 1. The molecule has 126 valence electrons. The number of amides is 1. The summed E-state index contributed by atoms with van der Waals surface area (Å²) in [7, 11) is 0. The van der Waals surface area contributed by atoms with Crippen molar-refractivity contribution in [2.75, 3.05) is 26.3 Å². The maximum absolute atomic E-state index is 13.0. The van der Waals surface area contributed by atoms with Crippen molar-refractivity contribution in [1.82, 2.24) is 9.80 Å². The van der Waals surface area contributed by atoms with Crippen molar-refractivity contribution in [3.8, 4) is 0 Å². The molecule has 5 nitrogen and oxygen atoms in total. The SMILES string of the molecule is C[C@H](C(=O)N1[C@H](C)CCC[C@@H]1C)N1CCC2(CC1)OCCO2. The topological polar surface area (TPSA) is 42.0 Å². The molecular formula is C17H30N2O3. The van der Waals surface area contributed by atoms with Gasteiger partial charge in [-0.2, -0.15) is 0 Å². The summed E-state index contributed by atoms with van der Waals surface area (Å²) in [5.41, 5.74) is 0. The predicted octanol–water partition coefficient (Wildman–Crippen LogP) is 2.00. The number of hydrogen-bond donors (Lipinski definition) is 0. The molecule has 0 unspecified atom stereocenters. The molecule has 3 aliphatic heterocycles. The number of ether oxygens (including phenoxy) is 2. The fraction of sp³-hybridized carbons (Fsp3) is 0.941. The second-order valence-electron chi connectivity index (χ2n) is 7.19. The quantitative estimate of drug-likeness (QED) is 0.782. The van der Waals surface area contributed by atoms with E-state index in [1.807, 2.05) is 0 Å². The first-order chi connectivity index (χ1) is 10.5. The van der Waals surface area contributed by atoms with Gasteiger partial charge in [0.1, 0.15) is 0 Å². The number of carbonyl (C=O) groups is 1. The van der Waals surface area contributed by atoms with E-state index in [1.54, 1.807) is 0 Å². The first-order valence-corrected chi connectivity index (χ1v) is 8.86. The summed E-state index contributed by atoms with van der Waals surface area (Å²) in [6, 6.07) is 0.703. The molecule has 0 saturated carbocycles. The third-order valence-electron chi connectivity index (χ3n) is 5.73. The maximum Gasteiger partial charge on any atom is 0.240 e. The van der Waals surface area contributed by atoms with Crippen LogP contribution in [0.15, 0.2) is 0 Å². The predicted molar refractivity (Wildman–Crippen MR) is 84.5 cm³/mol. The van der Waals surface area contributed by atoms with Gasteiger partial charge in [0.2, 0.25) is 5.91 Å². The van der Waals surface area contributed by atoms with E-state index in [-0.39, 0.29) is 11.8 Å². The van der Waals surface area contributed by atoms with E-state index in [9.17, 15) is 4.79 Å². The highest BCUT2D eigenvalue weighted by Crippen LogP contribution is 2.32. The maximum atomic E-state index is 13.0. The summed E-state index contributed by atoms with van der Waals surface area (Å²) in [6.07, 6.45) is 5.24. The van der Waals surface area contributed by atoms with Gasteiger partial charge in [0.05, 0.1) is 19.3 Å². The van der Waals surface area contributed by atoms with Crippen molar-refractivity contribution in [1.29, 1.82) is 0 Å². The fourth-order valence-corrected chi connectivity index (χ4v) is 4.27. The van der Waals surface area contributed by atoms with E-state index in [2.05, 4.69) is 30.6 Å². The fourth-order valence-electron chi connectivity index (χ4n) is 4.27. The zero-order chi connectivity index (χ0) is 15.7. The standard InChI is InChI=1S/C17H30N2O3/c1-13-5-4-6-14(2)19(13)16(20)15(3)18-9-7-17(8-10-18)21-11-12-22-17/h13-15H,4-12H2,1-3H3/t13-,14+,15-/m1/s1. The Hall–Kier alpha value is -0.650. The number of hydrogen-bond acceptors (Lipinski definition) is 4. The van der Waals surface area contributed by atoms with Crippen LogP contribution in [0.3, 0.4) is 0 Å². The number of likely N-dealkylation sites (tertiary alicyclic amines) is 2. The first-order valence-electron chi connectivity index (χ1n) is 8.86. The van der Waals surface area contributed by atoms with E-state index < -0.39 is 0 Å². The van der Waals surface area contributed by atoms with Crippen LogP contribution in [0.25, 0.3) is 0 Å². The van der Waals surface area contributed by atoms with Crippen molar-refractivity contribution < 1.29 is 14.3 Å². The lowest BCUT2D eigenvalue weighted by molar-refractivity contribution is -0.189. The Morgan fingerprint density at radius 2 is 1.64 bits per heavy atom. The van der Waals surface area contributed by atoms with Gasteiger partial charge >= 0.3 is 0 Å². The van der Waals surface area contributed by atoms with Gasteiger partial charge in [-0.15, -0.1) is 0 Å². The van der Waals surface area contributed by atoms with Crippen molar-refractivity contribution >= 4 is 5.91 Å². The summed E-state index contributed by atoms with van der Waals surface area (Å²) < 4.78 is 11.6. The van der Waals surface area contributed by atoms with Crippen LogP contribution in [0.1, 0.15) is 52.9 Å². The van der Waals surface area contributed by atoms with Crippen molar-refractivity contribution in [2.45, 2.75) is 76.8 Å². The second kappa shape index (κ2) is 6.46. The van der Waals surface area contributed by atoms with Gasteiger partial charge in [-0.3, -0.25) is 9.69 Å². The smallest absolute Gasteiger partial charge is 0.240 e. The highest BCUT2D eigenvalue weighted by molar-refractivity contribution is 5.82. The Morgan fingerprint density at radius 1 is 1.09 bits per heavy atom. The molecular weight excluding hydrogens is 280 g/mol. The summed E-state index contributed by atoms with van der Waals surface area (Å²) in [6.45, 7) is 9.60. The first kappa shape index (κ1) is 16.2. The second-order valence-corrected chi connectivity index (χ2v) is 7.19. The molecule has 0 bridgehead atoms. The lowest BCUT2D eigenvalue weighted by atomic mass is 9.95. The molecule has 3 fully saturated rings. The van der Waals surface area contributed by atoms with E-state index in [4.69, 9.17) is 9.47 Å². The van der Waals surface area contributed by atoms with Gasteiger partial charge in [-0.25, -0.2) is 0 Å². The summed E-state index contributed by atoms with van der Waals surface area (Å²) in [5.74, 6) is -0.0609. The van der Waals surface area contributed by atoms with Crippen LogP contribution in [0.5, 0.6) is 0 Å². The minimum absolute atomic E-state index is 0.0400. The summed E-state index contributed by atoms with van der Waals surface area (Å²) >= 11 is 0. The molecule has 1 spiro atoms. The monoisotopic (exact) mass is 310 g/mol. The van der Waals surface area contributed by atoms with E-state index in [0.717, 1.165) is 38.8 Å². The van der Waals surface area contributed by atoms with Crippen LogP contribution >= 0.6 is 0 Å². The van der Waals surface area contributed by atoms with Crippen LogP contribution in [0, 0.1) is 0 Å². The largest absolute Gasteiger partial charge is 0.347 e. The van der Waals surface area contributed by atoms with Crippen molar-refractivity contribution in [3.05, 3.63) is 0 Å². The van der Waals surface area contributed by atoms with Gasteiger partial charge in [0, 0.05) is 38.0 Å². The minimum atomic E-state index is -0.356. The van der Waals surface area contributed by atoms with Crippen molar-refractivity contribution in [2.24, 2.45) is 0 Å². The molecule has 3 atom stereocenters. The number of nitrogens with zero attached hydrogens (tertiary/aromatic N) is 2. The molecule has 3 heterocycles. The lowest BCUT2D eigenvalue weighted by Gasteiger charge is -2.44. The van der Waals surface area contributed by atoms with E-state index in [0.29, 0.717) is 31.2 Å². The third-order valence-corrected chi connectivity index (χ3v) is 5.73. The molecule has 0 aromatic carbocycles. The molecule has 3 saturated heterocycles. The molecule has 0 N–H and O–H groups in total. The molecule has 1 amide bonds.